The highest BCUT2D eigenvalue weighted by molar-refractivity contribution is 8.00. The van der Waals surface area contributed by atoms with Gasteiger partial charge in [-0.3, -0.25) is 4.79 Å². The zero-order valence-electron chi connectivity index (χ0n) is 10.6. The molecule has 6 nitrogen and oxygen atoms in total. The summed E-state index contributed by atoms with van der Waals surface area (Å²) in [6, 6.07) is 7.14. The van der Waals surface area contributed by atoms with E-state index in [4.69, 9.17) is 16.7 Å². The molecule has 1 amide bonds. The Labute approximate surface area is 129 Å². The number of aromatic carboxylic acids is 1. The van der Waals surface area contributed by atoms with E-state index in [0.717, 1.165) is 4.90 Å². The summed E-state index contributed by atoms with van der Waals surface area (Å²) in [5.74, 6) is -1.63. The van der Waals surface area contributed by atoms with Gasteiger partial charge in [-0.1, -0.05) is 23.7 Å². The number of carbonyl (C=O) groups excluding carboxylic acids is 1. The maximum absolute atomic E-state index is 11.8. The molecule has 2 aromatic rings. The van der Waals surface area contributed by atoms with Crippen molar-refractivity contribution in [3.8, 4) is 0 Å². The molecule has 0 saturated carbocycles. The third-order valence-electron chi connectivity index (χ3n) is 2.35. The minimum Gasteiger partial charge on any atom is -0.476 e. The van der Waals surface area contributed by atoms with E-state index in [-0.39, 0.29) is 23.2 Å². The Morgan fingerprint density at radius 2 is 1.95 bits per heavy atom. The van der Waals surface area contributed by atoms with Gasteiger partial charge in [0.25, 0.3) is 0 Å². The Kier molecular flexibility index (Phi) is 5.13. The topological polar surface area (TPSA) is 92.2 Å². The van der Waals surface area contributed by atoms with Gasteiger partial charge in [0.05, 0.1) is 10.8 Å². The number of amides is 1. The van der Waals surface area contributed by atoms with Crippen molar-refractivity contribution < 1.29 is 14.7 Å². The van der Waals surface area contributed by atoms with Crippen LogP contribution in [0.2, 0.25) is 5.02 Å². The molecule has 1 aromatic heterocycles. The van der Waals surface area contributed by atoms with Gasteiger partial charge in [-0.2, -0.15) is 0 Å². The lowest BCUT2D eigenvalue weighted by Gasteiger charge is -2.07. The van der Waals surface area contributed by atoms with Crippen LogP contribution in [-0.4, -0.2) is 32.7 Å². The van der Waals surface area contributed by atoms with Crippen molar-refractivity contribution in [2.45, 2.75) is 4.90 Å². The molecule has 0 bridgehead atoms. The minimum absolute atomic E-state index is 0.0743. The number of benzene rings is 1. The third-order valence-corrected chi connectivity index (χ3v) is 3.87. The number of carboxylic acid groups (broad SMARTS) is 1. The number of hydrogen-bond donors (Lipinski definition) is 2. The first kappa shape index (κ1) is 15.3. The van der Waals surface area contributed by atoms with Gasteiger partial charge in [0, 0.05) is 17.3 Å². The first-order valence-corrected chi connectivity index (χ1v) is 7.16. The van der Waals surface area contributed by atoms with Gasteiger partial charge >= 0.3 is 5.97 Å². The molecule has 0 radical (unpaired) electrons. The Hall–Kier alpha value is -2.12. The lowest BCUT2D eigenvalue weighted by molar-refractivity contribution is -0.113. The Balaban J connectivity index is 2.00. The highest BCUT2D eigenvalue weighted by Gasteiger charge is 2.15. The molecule has 8 heteroatoms. The van der Waals surface area contributed by atoms with Crippen molar-refractivity contribution in [2.24, 2.45) is 0 Å². The summed E-state index contributed by atoms with van der Waals surface area (Å²) in [6.45, 7) is 0. The molecule has 2 N–H and O–H groups in total. The van der Waals surface area contributed by atoms with Gasteiger partial charge in [-0.15, -0.1) is 11.8 Å². The van der Waals surface area contributed by atoms with Crippen molar-refractivity contribution in [3.05, 3.63) is 47.4 Å². The molecule has 2 rings (SSSR count). The molecule has 0 atom stereocenters. The van der Waals surface area contributed by atoms with Crippen molar-refractivity contribution in [3.63, 3.8) is 0 Å². The molecule has 0 saturated heterocycles. The number of rotatable bonds is 5. The van der Waals surface area contributed by atoms with E-state index in [2.05, 4.69) is 15.3 Å². The standard InChI is InChI=1S/C13H10ClN3O3S/c14-8-3-1-2-4-9(8)21-7-10(18)17-12-11(13(19)20)15-5-6-16-12/h1-6H,7H2,(H,19,20)(H,16,17,18). The van der Waals surface area contributed by atoms with Gasteiger partial charge in [0.2, 0.25) is 5.91 Å². The largest absolute Gasteiger partial charge is 0.476 e. The second kappa shape index (κ2) is 7.05. The summed E-state index contributed by atoms with van der Waals surface area (Å²) < 4.78 is 0. The molecule has 0 aliphatic heterocycles. The lowest BCUT2D eigenvalue weighted by Crippen LogP contribution is -2.18. The van der Waals surface area contributed by atoms with Gasteiger partial charge in [-0.25, -0.2) is 14.8 Å². The normalized spacial score (nSPS) is 10.1. The third kappa shape index (κ3) is 4.17. The van der Waals surface area contributed by atoms with E-state index >= 15 is 0 Å². The number of carboxylic acids is 1. The highest BCUT2D eigenvalue weighted by Crippen LogP contribution is 2.26. The van der Waals surface area contributed by atoms with Crippen molar-refractivity contribution >= 4 is 41.1 Å². The number of nitrogens with one attached hydrogen (secondary N) is 1. The van der Waals surface area contributed by atoms with E-state index < -0.39 is 5.97 Å². The predicted molar refractivity (Wildman–Crippen MR) is 79.8 cm³/mol. The molecular weight excluding hydrogens is 314 g/mol. The molecule has 0 aliphatic rings. The Bertz CT molecular complexity index is 681. The number of anilines is 1. The van der Waals surface area contributed by atoms with E-state index in [1.54, 1.807) is 18.2 Å². The number of nitrogens with zero attached hydrogens (tertiary/aromatic N) is 2. The van der Waals surface area contributed by atoms with Gasteiger partial charge in [-0.05, 0) is 12.1 Å². The molecule has 0 unspecified atom stereocenters. The maximum atomic E-state index is 11.8. The summed E-state index contributed by atoms with van der Waals surface area (Å²) in [5.41, 5.74) is -0.298. The zero-order valence-corrected chi connectivity index (χ0v) is 12.2. The lowest BCUT2D eigenvalue weighted by atomic mass is 10.4. The van der Waals surface area contributed by atoms with Crippen molar-refractivity contribution in [2.75, 3.05) is 11.1 Å². The van der Waals surface area contributed by atoms with Gasteiger partial charge < -0.3 is 10.4 Å². The van der Waals surface area contributed by atoms with Crippen LogP contribution >= 0.6 is 23.4 Å². The van der Waals surface area contributed by atoms with Crippen LogP contribution in [0, 0.1) is 0 Å². The number of carbonyl (C=O) groups is 2. The monoisotopic (exact) mass is 323 g/mol. The van der Waals surface area contributed by atoms with Crippen LogP contribution in [0.25, 0.3) is 0 Å². The second-order valence-corrected chi connectivity index (χ2v) is 5.25. The molecule has 108 valence electrons. The predicted octanol–water partition coefficient (Wildman–Crippen LogP) is 2.56. The van der Waals surface area contributed by atoms with Crippen LogP contribution in [-0.2, 0) is 4.79 Å². The minimum atomic E-state index is -1.25. The van der Waals surface area contributed by atoms with Crippen LogP contribution in [0.1, 0.15) is 10.5 Å². The van der Waals surface area contributed by atoms with Crippen LogP contribution in [0.15, 0.2) is 41.6 Å². The van der Waals surface area contributed by atoms with E-state index in [1.165, 1.54) is 24.2 Å². The molecule has 1 heterocycles. The van der Waals surface area contributed by atoms with Gasteiger partial charge in [0.15, 0.2) is 11.5 Å². The average Bonchev–Trinajstić information content (AvgIpc) is 2.47. The summed E-state index contributed by atoms with van der Waals surface area (Å²) in [6.07, 6.45) is 2.56. The fourth-order valence-corrected chi connectivity index (χ4v) is 2.50. The van der Waals surface area contributed by atoms with Crippen molar-refractivity contribution in [1.29, 1.82) is 0 Å². The number of aromatic nitrogens is 2. The zero-order chi connectivity index (χ0) is 15.2. The number of thioether (sulfide) groups is 1. The van der Waals surface area contributed by atoms with E-state index in [0.29, 0.717) is 5.02 Å². The second-order valence-electron chi connectivity index (χ2n) is 3.83. The summed E-state index contributed by atoms with van der Waals surface area (Å²) >= 11 is 7.23. The van der Waals surface area contributed by atoms with Crippen LogP contribution in [0.5, 0.6) is 0 Å². The van der Waals surface area contributed by atoms with Crippen molar-refractivity contribution in [1.82, 2.24) is 9.97 Å². The first-order chi connectivity index (χ1) is 10.1. The molecule has 0 fully saturated rings. The van der Waals surface area contributed by atoms with Gasteiger partial charge in [0.1, 0.15) is 0 Å². The van der Waals surface area contributed by atoms with Crippen LogP contribution in [0.3, 0.4) is 0 Å². The van der Waals surface area contributed by atoms with Crippen LogP contribution < -0.4 is 5.32 Å². The molecule has 21 heavy (non-hydrogen) atoms. The Morgan fingerprint density at radius 3 is 2.67 bits per heavy atom. The molecular formula is C13H10ClN3O3S. The molecule has 0 aliphatic carbocycles. The van der Waals surface area contributed by atoms with E-state index in [9.17, 15) is 9.59 Å². The van der Waals surface area contributed by atoms with Crippen LogP contribution in [0.4, 0.5) is 5.82 Å². The quantitative estimate of drug-likeness (QED) is 0.822. The Morgan fingerprint density at radius 1 is 1.24 bits per heavy atom. The maximum Gasteiger partial charge on any atom is 0.358 e. The molecule has 1 aromatic carbocycles. The highest BCUT2D eigenvalue weighted by atomic mass is 35.5. The summed E-state index contributed by atoms with van der Waals surface area (Å²) in [7, 11) is 0. The first-order valence-electron chi connectivity index (χ1n) is 5.79. The summed E-state index contributed by atoms with van der Waals surface area (Å²) in [5, 5.41) is 11.9. The smallest absolute Gasteiger partial charge is 0.358 e. The summed E-state index contributed by atoms with van der Waals surface area (Å²) in [4.78, 5) is 31.0. The fourth-order valence-electron chi connectivity index (χ4n) is 1.46. The molecule has 0 spiro atoms. The van der Waals surface area contributed by atoms with E-state index in [1.807, 2.05) is 6.07 Å². The average molecular weight is 324 g/mol. The number of halogens is 1. The number of hydrogen-bond acceptors (Lipinski definition) is 5. The SMILES string of the molecule is O=C(CSc1ccccc1Cl)Nc1nccnc1C(=O)O. The fraction of sp³-hybridized carbons (Fsp3) is 0.0769.